The van der Waals surface area contributed by atoms with Crippen LogP contribution in [0.2, 0.25) is 36.3 Å². The van der Waals surface area contributed by atoms with Crippen LogP contribution in [0.5, 0.6) is 23.0 Å². The summed E-state index contributed by atoms with van der Waals surface area (Å²) in [7, 11) is -1.09. The van der Waals surface area contributed by atoms with E-state index in [9.17, 15) is 19.5 Å². The number of nitrogen functional groups attached to an aromatic ring is 1. The predicted molar refractivity (Wildman–Crippen MR) is 250 cm³/mol. The number of anilines is 2. The average Bonchev–Trinajstić information content (AvgIpc) is 3.75. The number of amides is 3. The van der Waals surface area contributed by atoms with Crippen LogP contribution in [0.1, 0.15) is 108 Å². The Morgan fingerprint density at radius 2 is 1.11 bits per heavy atom. The van der Waals surface area contributed by atoms with Gasteiger partial charge >= 0.3 is 6.09 Å². The molecule has 0 fully saturated rings. The fourth-order valence-corrected chi connectivity index (χ4v) is 8.87. The Hall–Kier alpha value is -4.52. The highest BCUT2D eigenvalue weighted by Crippen LogP contribution is 2.41. The molecule has 2 aliphatic heterocycles. The number of carboxylic acid groups (broad SMARTS) is 1. The minimum Gasteiger partial charge on any atom is -0.493 e. The number of nitrogens with two attached hydrogens (primary N) is 1. The van der Waals surface area contributed by atoms with Crippen molar-refractivity contribution in [1.82, 2.24) is 9.80 Å². The number of rotatable bonds is 19. The summed E-state index contributed by atoms with van der Waals surface area (Å²) in [5.74, 6) is 0.875. The van der Waals surface area contributed by atoms with Crippen molar-refractivity contribution in [2.75, 3.05) is 51.7 Å². The standard InChI is InChI=1S/C46H72N4O10Si2/c1-30-20-32(28-59-61(11,12)45(3,4)5)49(26-30)42(51)34-22-38(55-9)40(24-36(34)47)57-18-16-15-17-19-58-41-25-37(48-44(53)54)35(23-39(41)56-10)43(52)50-27-31(2)21-33(50)29-60-62(13,14)46(6,7)8/h22-27,32-33,48H,15-21,28-29,47H2,1-14H3,(H,53,54)/t32-,33-/m0/s1. The van der Waals surface area contributed by atoms with Gasteiger partial charge in [-0.15, -0.1) is 0 Å². The minimum atomic E-state index is -2.08. The molecule has 3 amide bonds. The van der Waals surface area contributed by atoms with Crippen LogP contribution in [0.15, 0.2) is 47.8 Å². The molecule has 16 heteroatoms. The fourth-order valence-electron chi connectivity index (χ4n) is 6.78. The molecule has 0 saturated carbocycles. The van der Waals surface area contributed by atoms with Crippen molar-refractivity contribution in [2.24, 2.45) is 0 Å². The lowest BCUT2D eigenvalue weighted by Crippen LogP contribution is -2.45. The Balaban J connectivity index is 1.35. The van der Waals surface area contributed by atoms with Crippen LogP contribution in [0, 0.1) is 0 Å². The Kier molecular flexibility index (Phi) is 16.4. The number of benzene rings is 2. The van der Waals surface area contributed by atoms with E-state index in [2.05, 4.69) is 73.0 Å². The van der Waals surface area contributed by atoms with Crippen molar-refractivity contribution in [3.8, 4) is 23.0 Å². The van der Waals surface area contributed by atoms with Crippen molar-refractivity contribution in [3.05, 3.63) is 58.9 Å². The van der Waals surface area contributed by atoms with Crippen LogP contribution in [-0.2, 0) is 8.85 Å². The van der Waals surface area contributed by atoms with Crippen molar-refractivity contribution in [1.29, 1.82) is 0 Å². The highest BCUT2D eigenvalue weighted by atomic mass is 28.4. The summed E-state index contributed by atoms with van der Waals surface area (Å²) in [6.45, 7) is 27.4. The molecule has 0 aromatic heterocycles. The maximum Gasteiger partial charge on any atom is 0.409 e. The van der Waals surface area contributed by atoms with Gasteiger partial charge in [-0.1, -0.05) is 52.7 Å². The van der Waals surface area contributed by atoms with Gasteiger partial charge in [-0.3, -0.25) is 14.9 Å². The highest BCUT2D eigenvalue weighted by Gasteiger charge is 2.41. The first-order chi connectivity index (χ1) is 28.8. The average molecular weight is 897 g/mol. The number of unbranched alkanes of at least 4 members (excludes halogenated alkanes) is 2. The van der Waals surface area contributed by atoms with E-state index in [0.717, 1.165) is 24.0 Å². The van der Waals surface area contributed by atoms with Gasteiger partial charge in [-0.05, 0) is 94.3 Å². The molecule has 0 spiro atoms. The lowest BCUT2D eigenvalue weighted by molar-refractivity contribution is 0.0731. The van der Waals surface area contributed by atoms with Gasteiger partial charge in [0.1, 0.15) is 0 Å². The molecule has 62 heavy (non-hydrogen) atoms. The smallest absolute Gasteiger partial charge is 0.409 e. The molecule has 2 atom stereocenters. The molecular formula is C46H72N4O10Si2. The van der Waals surface area contributed by atoms with E-state index >= 15 is 0 Å². The Bertz CT molecular complexity index is 2000. The first-order valence-electron chi connectivity index (χ1n) is 21.5. The minimum absolute atomic E-state index is 0.00978. The van der Waals surface area contributed by atoms with Crippen LogP contribution < -0.4 is 30.0 Å². The SMILES string of the molecule is COc1cc(C(=O)N2C=C(C)C[C@H]2CO[Si](C)(C)C(C)(C)C)c(N)cc1OCCCCCOc1cc(NC(=O)O)c(C(=O)N2C=C(C)C[C@H]2CO[Si](C)(C)C(C)(C)C)cc1OC. The first kappa shape index (κ1) is 50.1. The van der Waals surface area contributed by atoms with Crippen LogP contribution in [0.4, 0.5) is 16.2 Å². The molecule has 344 valence electrons. The molecule has 0 saturated heterocycles. The molecule has 14 nitrogen and oxygen atoms in total. The van der Waals surface area contributed by atoms with Crippen LogP contribution in [0.3, 0.4) is 0 Å². The lowest BCUT2D eigenvalue weighted by atomic mass is 10.1. The lowest BCUT2D eigenvalue weighted by Gasteiger charge is -2.38. The van der Waals surface area contributed by atoms with Crippen molar-refractivity contribution >= 4 is 45.9 Å². The summed E-state index contributed by atoms with van der Waals surface area (Å²) in [5.41, 5.74) is 9.47. The third-order valence-electron chi connectivity index (χ3n) is 12.6. The van der Waals surface area contributed by atoms with Gasteiger partial charge in [0.2, 0.25) is 0 Å². The summed E-state index contributed by atoms with van der Waals surface area (Å²) >= 11 is 0. The zero-order valence-electron chi connectivity index (χ0n) is 39.6. The maximum atomic E-state index is 14.1. The predicted octanol–water partition coefficient (Wildman–Crippen LogP) is 10.3. The number of hydrogen-bond donors (Lipinski definition) is 3. The molecular weight excluding hydrogens is 825 g/mol. The van der Waals surface area contributed by atoms with E-state index in [0.29, 0.717) is 79.9 Å². The largest absolute Gasteiger partial charge is 0.493 e. The van der Waals surface area contributed by atoms with Gasteiger partial charge < -0.3 is 48.4 Å². The van der Waals surface area contributed by atoms with E-state index < -0.39 is 22.7 Å². The van der Waals surface area contributed by atoms with Gasteiger partial charge in [-0.25, -0.2) is 4.79 Å². The molecule has 4 N–H and O–H groups in total. The number of hydrogen-bond acceptors (Lipinski definition) is 10. The van der Waals surface area contributed by atoms with Crippen molar-refractivity contribution in [3.63, 3.8) is 0 Å². The molecule has 2 aromatic carbocycles. The summed E-state index contributed by atoms with van der Waals surface area (Å²) in [4.78, 5) is 43.2. The second-order valence-corrected chi connectivity index (χ2v) is 29.2. The quantitative estimate of drug-likeness (QED) is 0.0696. The number of nitrogens with zero attached hydrogens (tertiary/aromatic N) is 2. The molecule has 2 heterocycles. The van der Waals surface area contributed by atoms with Gasteiger partial charge in [0.05, 0.1) is 69.5 Å². The van der Waals surface area contributed by atoms with Crippen LogP contribution >= 0.6 is 0 Å². The van der Waals surface area contributed by atoms with E-state index in [-0.39, 0.29) is 45.2 Å². The number of carbonyl (C=O) groups is 3. The molecule has 0 aliphatic carbocycles. The monoisotopic (exact) mass is 896 g/mol. The van der Waals surface area contributed by atoms with Gasteiger partial charge in [0.15, 0.2) is 39.6 Å². The third kappa shape index (κ3) is 12.3. The highest BCUT2D eigenvalue weighted by molar-refractivity contribution is 6.74. The van der Waals surface area contributed by atoms with Crippen LogP contribution in [-0.4, -0.2) is 102 Å². The molecule has 0 bridgehead atoms. The van der Waals surface area contributed by atoms with Crippen molar-refractivity contribution in [2.45, 2.75) is 136 Å². The van der Waals surface area contributed by atoms with Crippen molar-refractivity contribution < 1.29 is 47.3 Å². The summed E-state index contributed by atoms with van der Waals surface area (Å²) in [5, 5.41) is 12.2. The Labute approximate surface area is 371 Å². The second kappa shape index (κ2) is 20.3. The zero-order valence-corrected chi connectivity index (χ0v) is 41.6. The van der Waals surface area contributed by atoms with Gasteiger partial charge in [0, 0.05) is 30.2 Å². The summed E-state index contributed by atoms with van der Waals surface area (Å²) in [6, 6.07) is 5.94. The molecule has 4 rings (SSSR count). The van der Waals surface area contributed by atoms with Gasteiger partial charge in [-0.2, -0.15) is 0 Å². The second-order valence-electron chi connectivity index (χ2n) is 19.6. The molecule has 0 unspecified atom stereocenters. The topological polar surface area (TPSA) is 171 Å². The molecule has 2 aromatic rings. The maximum absolute atomic E-state index is 14.1. The van der Waals surface area contributed by atoms with Gasteiger partial charge in [0.25, 0.3) is 11.8 Å². The first-order valence-corrected chi connectivity index (χ1v) is 27.3. The van der Waals surface area contributed by atoms with E-state index in [1.54, 1.807) is 21.9 Å². The third-order valence-corrected chi connectivity index (χ3v) is 21.6. The Morgan fingerprint density at radius 1 is 0.694 bits per heavy atom. The number of methoxy groups -OCH3 is 2. The molecule has 2 aliphatic rings. The summed E-state index contributed by atoms with van der Waals surface area (Å²) < 4.78 is 36.4. The number of carbonyl (C=O) groups excluding carboxylic acids is 2. The van der Waals surface area contributed by atoms with E-state index in [4.69, 9.17) is 33.5 Å². The van der Waals surface area contributed by atoms with E-state index in [1.807, 2.05) is 26.2 Å². The fraction of sp³-hybridized carbons (Fsp3) is 0.587. The van der Waals surface area contributed by atoms with E-state index in [1.165, 1.54) is 26.4 Å². The number of ether oxygens (including phenoxy) is 4. The molecule has 0 radical (unpaired) electrons. The normalized spacial score (nSPS) is 17.1. The number of nitrogens with one attached hydrogen (secondary N) is 1. The zero-order chi connectivity index (χ0) is 46.4. The summed E-state index contributed by atoms with van der Waals surface area (Å²) in [6.07, 6.45) is 5.85. The Morgan fingerprint density at radius 3 is 1.53 bits per heavy atom. The van der Waals surface area contributed by atoms with Crippen LogP contribution in [0.25, 0.3) is 0 Å².